The van der Waals surface area contributed by atoms with Gasteiger partial charge in [0.15, 0.2) is 0 Å². The molecule has 5 nitrogen and oxygen atoms in total. The average Bonchev–Trinajstić information content (AvgIpc) is 2.12. The summed E-state index contributed by atoms with van der Waals surface area (Å²) in [5.41, 5.74) is 5.72. The van der Waals surface area contributed by atoms with Gasteiger partial charge in [0.2, 0.25) is 0 Å². The van der Waals surface area contributed by atoms with E-state index in [-0.39, 0.29) is 43.0 Å². The zero-order chi connectivity index (χ0) is 13.4. The van der Waals surface area contributed by atoms with Gasteiger partial charge in [-0.2, -0.15) is 0 Å². The summed E-state index contributed by atoms with van der Waals surface area (Å²) < 4.78 is 9.92. The summed E-state index contributed by atoms with van der Waals surface area (Å²) in [4.78, 5) is 22.5. The summed E-state index contributed by atoms with van der Waals surface area (Å²) in [5, 5.41) is 0. The predicted octanol–water partition coefficient (Wildman–Crippen LogP) is 1.39. The smallest absolute Gasteiger partial charge is 0.307 e. The fraction of sp³-hybridized carbons (Fsp3) is 0.833. The van der Waals surface area contributed by atoms with E-state index in [1.165, 1.54) is 0 Å². The van der Waals surface area contributed by atoms with Crippen LogP contribution in [0.2, 0.25) is 0 Å². The van der Waals surface area contributed by atoms with Gasteiger partial charge in [0.25, 0.3) is 0 Å². The third-order valence-corrected chi connectivity index (χ3v) is 1.88. The maximum absolute atomic E-state index is 11.3. The Balaban J connectivity index is 3.75. The van der Waals surface area contributed by atoms with E-state index in [0.717, 1.165) is 0 Å². The van der Waals surface area contributed by atoms with E-state index in [4.69, 9.17) is 15.2 Å². The molecule has 0 saturated heterocycles. The van der Waals surface area contributed by atoms with Crippen LogP contribution >= 0.6 is 0 Å². The fourth-order valence-electron chi connectivity index (χ4n) is 1.25. The molecule has 0 bridgehead atoms. The van der Waals surface area contributed by atoms with E-state index < -0.39 is 0 Å². The van der Waals surface area contributed by atoms with E-state index in [1.807, 2.05) is 0 Å². The highest BCUT2D eigenvalue weighted by Crippen LogP contribution is 2.04. The van der Waals surface area contributed by atoms with E-state index in [2.05, 4.69) is 0 Å². The zero-order valence-electron chi connectivity index (χ0n) is 11.1. The zero-order valence-corrected chi connectivity index (χ0v) is 11.1. The van der Waals surface area contributed by atoms with Crippen LogP contribution in [-0.4, -0.2) is 30.2 Å². The van der Waals surface area contributed by atoms with Crippen molar-refractivity contribution < 1.29 is 19.1 Å². The van der Waals surface area contributed by atoms with Gasteiger partial charge in [-0.3, -0.25) is 9.59 Å². The molecule has 0 aromatic heterocycles. The van der Waals surface area contributed by atoms with Gasteiger partial charge < -0.3 is 15.2 Å². The summed E-state index contributed by atoms with van der Waals surface area (Å²) in [5.74, 6) is -0.614. The molecule has 0 aromatic carbocycles. The van der Waals surface area contributed by atoms with Gasteiger partial charge in [-0.15, -0.1) is 0 Å². The molecule has 0 aliphatic carbocycles. The van der Waals surface area contributed by atoms with Crippen LogP contribution in [0.4, 0.5) is 0 Å². The Bertz CT molecular complexity index is 251. The molecular weight excluding hydrogens is 222 g/mol. The second-order valence-electron chi connectivity index (χ2n) is 4.58. The van der Waals surface area contributed by atoms with Crippen LogP contribution in [-0.2, 0) is 19.1 Å². The summed E-state index contributed by atoms with van der Waals surface area (Å²) >= 11 is 0. The van der Waals surface area contributed by atoms with E-state index in [1.54, 1.807) is 27.7 Å². The standard InChI is InChI=1S/C12H23NO4/c1-8(2)16-11(14)6-5-10(13)7-12(15)17-9(3)4/h8-10H,5-7,13H2,1-4H3. The number of carbonyl (C=O) groups excluding carboxylic acids is 2. The Kier molecular flexibility index (Phi) is 7.54. The van der Waals surface area contributed by atoms with Crippen molar-refractivity contribution in [2.45, 2.75) is 65.2 Å². The van der Waals surface area contributed by atoms with Crippen LogP contribution in [0.1, 0.15) is 47.0 Å². The third kappa shape index (κ3) is 9.81. The molecule has 0 saturated carbocycles. The highest BCUT2D eigenvalue weighted by atomic mass is 16.5. The van der Waals surface area contributed by atoms with Gasteiger partial charge >= 0.3 is 11.9 Å². The molecule has 0 aromatic rings. The lowest BCUT2D eigenvalue weighted by Crippen LogP contribution is -2.27. The Morgan fingerprint density at radius 2 is 1.47 bits per heavy atom. The number of hydrogen-bond donors (Lipinski definition) is 1. The van der Waals surface area contributed by atoms with Crippen LogP contribution in [0.5, 0.6) is 0 Å². The van der Waals surface area contributed by atoms with E-state index >= 15 is 0 Å². The number of rotatable bonds is 7. The summed E-state index contributed by atoms with van der Waals surface area (Å²) in [6.07, 6.45) is 0.533. The second kappa shape index (κ2) is 8.06. The molecule has 0 fully saturated rings. The molecule has 0 amide bonds. The molecule has 0 rings (SSSR count). The minimum Gasteiger partial charge on any atom is -0.463 e. The Morgan fingerprint density at radius 3 is 1.94 bits per heavy atom. The van der Waals surface area contributed by atoms with Gasteiger partial charge in [0.1, 0.15) is 0 Å². The molecule has 2 N–H and O–H groups in total. The molecule has 100 valence electrons. The van der Waals surface area contributed by atoms with Crippen LogP contribution in [0.3, 0.4) is 0 Å². The summed E-state index contributed by atoms with van der Waals surface area (Å²) in [6, 6.07) is -0.360. The number of ether oxygens (including phenoxy) is 2. The van der Waals surface area contributed by atoms with Crippen molar-refractivity contribution in [2.24, 2.45) is 5.73 Å². The molecule has 0 spiro atoms. The molecule has 17 heavy (non-hydrogen) atoms. The van der Waals surface area contributed by atoms with Gasteiger partial charge in [-0.1, -0.05) is 0 Å². The van der Waals surface area contributed by atoms with Gasteiger partial charge in [-0.25, -0.2) is 0 Å². The SMILES string of the molecule is CC(C)OC(=O)CCC(N)CC(=O)OC(C)C. The first-order chi connectivity index (χ1) is 7.81. The van der Waals surface area contributed by atoms with Gasteiger partial charge in [0, 0.05) is 12.5 Å². The molecule has 1 atom stereocenters. The van der Waals surface area contributed by atoms with Crippen LogP contribution < -0.4 is 5.73 Å². The van der Waals surface area contributed by atoms with Crippen molar-refractivity contribution in [3.63, 3.8) is 0 Å². The first-order valence-corrected chi connectivity index (χ1v) is 5.95. The van der Waals surface area contributed by atoms with Crippen LogP contribution in [0, 0.1) is 0 Å². The summed E-state index contributed by atoms with van der Waals surface area (Å²) in [6.45, 7) is 7.14. The predicted molar refractivity (Wildman–Crippen MR) is 64.3 cm³/mol. The number of esters is 2. The number of carbonyl (C=O) groups is 2. The average molecular weight is 245 g/mol. The van der Waals surface area contributed by atoms with Crippen molar-refractivity contribution in [2.75, 3.05) is 0 Å². The molecule has 5 heteroatoms. The number of nitrogens with two attached hydrogens (primary N) is 1. The quantitative estimate of drug-likeness (QED) is 0.686. The molecule has 1 unspecified atom stereocenters. The van der Waals surface area contributed by atoms with Crippen molar-refractivity contribution in [3.8, 4) is 0 Å². The lowest BCUT2D eigenvalue weighted by Gasteiger charge is -2.13. The van der Waals surface area contributed by atoms with Gasteiger partial charge in [-0.05, 0) is 34.1 Å². The lowest BCUT2D eigenvalue weighted by atomic mass is 10.1. The third-order valence-electron chi connectivity index (χ3n) is 1.88. The van der Waals surface area contributed by atoms with Crippen molar-refractivity contribution >= 4 is 11.9 Å². The van der Waals surface area contributed by atoms with Crippen molar-refractivity contribution in [1.29, 1.82) is 0 Å². The van der Waals surface area contributed by atoms with E-state index in [0.29, 0.717) is 6.42 Å². The fourth-order valence-corrected chi connectivity index (χ4v) is 1.25. The Hall–Kier alpha value is -1.10. The van der Waals surface area contributed by atoms with Crippen molar-refractivity contribution in [3.05, 3.63) is 0 Å². The highest BCUT2D eigenvalue weighted by molar-refractivity contribution is 5.71. The lowest BCUT2D eigenvalue weighted by molar-refractivity contribution is -0.150. The number of hydrogen-bond acceptors (Lipinski definition) is 5. The minimum absolute atomic E-state index is 0.121. The first-order valence-electron chi connectivity index (χ1n) is 5.95. The Labute approximate surface area is 103 Å². The van der Waals surface area contributed by atoms with Crippen LogP contribution in [0.25, 0.3) is 0 Å². The maximum Gasteiger partial charge on any atom is 0.307 e. The van der Waals surface area contributed by atoms with Crippen molar-refractivity contribution in [1.82, 2.24) is 0 Å². The molecule has 0 heterocycles. The Morgan fingerprint density at radius 1 is 1.00 bits per heavy atom. The summed E-state index contributed by atoms with van der Waals surface area (Å²) in [7, 11) is 0. The second-order valence-corrected chi connectivity index (χ2v) is 4.58. The highest BCUT2D eigenvalue weighted by Gasteiger charge is 2.14. The first kappa shape index (κ1) is 15.9. The van der Waals surface area contributed by atoms with Gasteiger partial charge in [0.05, 0.1) is 18.6 Å². The van der Waals surface area contributed by atoms with Crippen LogP contribution in [0.15, 0.2) is 0 Å². The van der Waals surface area contributed by atoms with E-state index in [9.17, 15) is 9.59 Å². The molecule has 0 aliphatic heterocycles. The monoisotopic (exact) mass is 245 g/mol. The molecule has 0 aliphatic rings. The maximum atomic E-state index is 11.3. The normalized spacial score (nSPS) is 12.6. The topological polar surface area (TPSA) is 78.6 Å². The largest absolute Gasteiger partial charge is 0.463 e. The molecule has 0 radical (unpaired) electrons. The minimum atomic E-state index is -0.360. The molecular formula is C12H23NO4.